The van der Waals surface area contributed by atoms with E-state index in [9.17, 15) is 14.9 Å². The third kappa shape index (κ3) is 3.31. The molecule has 128 valence electrons. The van der Waals surface area contributed by atoms with E-state index in [1.54, 1.807) is 29.7 Å². The van der Waals surface area contributed by atoms with Crippen molar-refractivity contribution in [2.45, 2.75) is 17.9 Å². The zero-order chi connectivity index (χ0) is 18.0. The van der Waals surface area contributed by atoms with E-state index in [-0.39, 0.29) is 11.3 Å². The van der Waals surface area contributed by atoms with Crippen LogP contribution in [0.3, 0.4) is 0 Å². The SMILES string of the molecule is CSc1ccc([N+](=O)[O-])c(C(=O)NC(C)c2nnc3ccccn23)c1. The summed E-state index contributed by atoms with van der Waals surface area (Å²) in [4.78, 5) is 24.0. The van der Waals surface area contributed by atoms with Gasteiger partial charge in [0.15, 0.2) is 11.5 Å². The van der Waals surface area contributed by atoms with Gasteiger partial charge < -0.3 is 5.32 Å². The molecule has 0 aliphatic heterocycles. The molecule has 0 fully saturated rings. The molecule has 25 heavy (non-hydrogen) atoms. The Balaban J connectivity index is 1.90. The number of nitrogens with zero attached hydrogens (tertiary/aromatic N) is 4. The Morgan fingerprint density at radius 2 is 2.12 bits per heavy atom. The largest absolute Gasteiger partial charge is 0.342 e. The van der Waals surface area contributed by atoms with Crippen molar-refractivity contribution in [3.8, 4) is 0 Å². The highest BCUT2D eigenvalue weighted by atomic mass is 32.2. The van der Waals surface area contributed by atoms with Crippen LogP contribution in [0.1, 0.15) is 29.1 Å². The fraction of sp³-hybridized carbons (Fsp3) is 0.188. The molecular formula is C16H15N5O3S. The lowest BCUT2D eigenvalue weighted by molar-refractivity contribution is -0.385. The van der Waals surface area contributed by atoms with Crippen molar-refractivity contribution in [2.24, 2.45) is 0 Å². The number of rotatable bonds is 5. The van der Waals surface area contributed by atoms with Crippen LogP contribution in [0, 0.1) is 10.1 Å². The summed E-state index contributed by atoms with van der Waals surface area (Å²) in [6, 6.07) is 9.50. The Labute approximate surface area is 147 Å². The van der Waals surface area contributed by atoms with Gasteiger partial charge in [0.2, 0.25) is 0 Å². The van der Waals surface area contributed by atoms with Crippen LogP contribution in [-0.2, 0) is 0 Å². The van der Waals surface area contributed by atoms with Crippen molar-refractivity contribution in [2.75, 3.05) is 6.26 Å². The number of nitro benzene ring substituents is 1. The Hall–Kier alpha value is -2.94. The molecule has 0 spiro atoms. The highest BCUT2D eigenvalue weighted by Crippen LogP contribution is 2.25. The number of aromatic nitrogens is 3. The first-order valence-corrected chi connectivity index (χ1v) is 8.66. The number of pyridine rings is 1. The molecule has 0 aliphatic carbocycles. The van der Waals surface area contributed by atoms with E-state index in [0.29, 0.717) is 11.5 Å². The monoisotopic (exact) mass is 357 g/mol. The standard InChI is InChI=1S/C16H15N5O3S/c1-10(15-19-18-14-5-3-4-8-20(14)15)17-16(22)12-9-11(25-2)6-7-13(12)21(23)24/h3-10H,1-2H3,(H,17,22). The number of fused-ring (bicyclic) bond motifs is 1. The summed E-state index contributed by atoms with van der Waals surface area (Å²) in [6.45, 7) is 1.76. The number of thioether (sulfide) groups is 1. The highest BCUT2D eigenvalue weighted by molar-refractivity contribution is 7.98. The molecule has 1 amide bonds. The third-order valence-electron chi connectivity index (χ3n) is 3.72. The van der Waals surface area contributed by atoms with Gasteiger partial charge in [0.1, 0.15) is 5.56 Å². The lowest BCUT2D eigenvalue weighted by Gasteiger charge is -2.13. The molecule has 9 heteroatoms. The Morgan fingerprint density at radius 3 is 2.84 bits per heavy atom. The molecule has 0 saturated carbocycles. The van der Waals surface area contributed by atoms with Crippen molar-refractivity contribution < 1.29 is 9.72 Å². The van der Waals surface area contributed by atoms with Crippen molar-refractivity contribution >= 4 is 29.0 Å². The average Bonchev–Trinajstić information content (AvgIpc) is 3.05. The summed E-state index contributed by atoms with van der Waals surface area (Å²) in [7, 11) is 0. The minimum Gasteiger partial charge on any atom is -0.342 e. The minimum atomic E-state index is -0.559. The molecule has 1 unspecified atom stereocenters. The first-order valence-electron chi connectivity index (χ1n) is 7.44. The molecule has 3 aromatic rings. The van der Waals surface area contributed by atoms with Crippen LogP contribution in [0.25, 0.3) is 5.65 Å². The lowest BCUT2D eigenvalue weighted by Crippen LogP contribution is -2.28. The molecule has 3 rings (SSSR count). The number of nitro groups is 1. The van der Waals surface area contributed by atoms with Gasteiger partial charge in [-0.15, -0.1) is 22.0 Å². The Bertz CT molecular complexity index is 956. The average molecular weight is 357 g/mol. The molecule has 0 bridgehead atoms. The zero-order valence-electron chi connectivity index (χ0n) is 13.5. The molecule has 1 N–H and O–H groups in total. The molecule has 1 atom stereocenters. The molecule has 2 aromatic heterocycles. The molecule has 0 radical (unpaired) electrons. The van der Waals surface area contributed by atoms with Crippen molar-refractivity contribution in [3.63, 3.8) is 0 Å². The van der Waals surface area contributed by atoms with Crippen LogP contribution in [0.2, 0.25) is 0 Å². The van der Waals surface area contributed by atoms with Crippen LogP contribution in [0.5, 0.6) is 0 Å². The summed E-state index contributed by atoms with van der Waals surface area (Å²) in [6.07, 6.45) is 3.64. The Kier molecular flexibility index (Phi) is 4.66. The summed E-state index contributed by atoms with van der Waals surface area (Å²) in [5, 5.41) is 22.1. The van der Waals surface area contributed by atoms with Crippen LogP contribution >= 0.6 is 11.8 Å². The number of hydrogen-bond acceptors (Lipinski definition) is 6. The number of amides is 1. The topological polar surface area (TPSA) is 102 Å². The zero-order valence-corrected chi connectivity index (χ0v) is 14.4. The lowest BCUT2D eigenvalue weighted by atomic mass is 10.1. The van der Waals surface area contributed by atoms with E-state index >= 15 is 0 Å². The third-order valence-corrected chi connectivity index (χ3v) is 4.45. The van der Waals surface area contributed by atoms with E-state index in [1.165, 1.54) is 23.9 Å². The fourth-order valence-electron chi connectivity index (χ4n) is 2.48. The number of carbonyl (C=O) groups excluding carboxylic acids is 1. The van der Waals surface area contributed by atoms with Gasteiger partial charge in [0, 0.05) is 17.2 Å². The van der Waals surface area contributed by atoms with Gasteiger partial charge in [-0.2, -0.15) is 0 Å². The molecular weight excluding hydrogens is 342 g/mol. The van der Waals surface area contributed by atoms with Gasteiger partial charge in [0.05, 0.1) is 11.0 Å². The first kappa shape index (κ1) is 16.9. The summed E-state index contributed by atoms with van der Waals surface area (Å²) >= 11 is 1.41. The van der Waals surface area contributed by atoms with Gasteiger partial charge >= 0.3 is 0 Å². The second-order valence-corrected chi connectivity index (χ2v) is 6.20. The normalized spacial score (nSPS) is 12.1. The predicted molar refractivity (Wildman–Crippen MR) is 93.7 cm³/mol. The van der Waals surface area contributed by atoms with Gasteiger partial charge in [-0.25, -0.2) is 0 Å². The van der Waals surface area contributed by atoms with Crippen LogP contribution in [-0.4, -0.2) is 31.7 Å². The van der Waals surface area contributed by atoms with E-state index in [2.05, 4.69) is 15.5 Å². The van der Waals surface area contributed by atoms with E-state index < -0.39 is 16.9 Å². The second kappa shape index (κ2) is 6.89. The van der Waals surface area contributed by atoms with Crippen LogP contribution < -0.4 is 5.32 Å². The predicted octanol–water partition coefficient (Wildman–Crippen LogP) is 2.85. The Morgan fingerprint density at radius 1 is 1.32 bits per heavy atom. The van der Waals surface area contributed by atoms with E-state index in [1.807, 2.05) is 18.4 Å². The van der Waals surface area contributed by atoms with Gasteiger partial charge in [-0.05, 0) is 37.4 Å². The summed E-state index contributed by atoms with van der Waals surface area (Å²) in [5.74, 6) is 0.0235. The smallest absolute Gasteiger partial charge is 0.282 e. The maximum Gasteiger partial charge on any atom is 0.282 e. The first-order chi connectivity index (χ1) is 12.0. The molecule has 8 nitrogen and oxygen atoms in total. The van der Waals surface area contributed by atoms with Gasteiger partial charge in [-0.1, -0.05) is 6.07 Å². The number of benzene rings is 1. The minimum absolute atomic E-state index is 0.0255. The molecule has 0 aliphatic rings. The van der Waals surface area contributed by atoms with E-state index in [4.69, 9.17) is 0 Å². The quantitative estimate of drug-likeness (QED) is 0.428. The van der Waals surface area contributed by atoms with Crippen molar-refractivity contribution in [3.05, 3.63) is 64.1 Å². The summed E-state index contributed by atoms with van der Waals surface area (Å²) < 4.78 is 1.76. The number of nitrogens with one attached hydrogen (secondary N) is 1. The van der Waals surface area contributed by atoms with Crippen molar-refractivity contribution in [1.82, 2.24) is 19.9 Å². The second-order valence-electron chi connectivity index (χ2n) is 5.32. The van der Waals surface area contributed by atoms with Gasteiger partial charge in [-0.3, -0.25) is 19.3 Å². The van der Waals surface area contributed by atoms with Crippen molar-refractivity contribution in [1.29, 1.82) is 0 Å². The number of hydrogen-bond donors (Lipinski definition) is 1. The molecule has 2 heterocycles. The van der Waals surface area contributed by atoms with E-state index in [0.717, 1.165) is 4.90 Å². The maximum absolute atomic E-state index is 12.6. The molecule has 1 aromatic carbocycles. The maximum atomic E-state index is 12.6. The fourth-order valence-corrected chi connectivity index (χ4v) is 2.92. The molecule has 0 saturated heterocycles. The summed E-state index contributed by atoms with van der Waals surface area (Å²) in [5.41, 5.74) is 0.458. The van der Waals surface area contributed by atoms with Crippen LogP contribution in [0.4, 0.5) is 5.69 Å². The van der Waals surface area contributed by atoms with Crippen LogP contribution in [0.15, 0.2) is 47.5 Å². The number of carbonyl (C=O) groups is 1. The highest BCUT2D eigenvalue weighted by Gasteiger charge is 2.23. The van der Waals surface area contributed by atoms with Gasteiger partial charge in [0.25, 0.3) is 11.6 Å².